The number of aromatic nitrogens is 1. The molecule has 34 heavy (non-hydrogen) atoms. The third kappa shape index (κ3) is 5.97. The van der Waals surface area contributed by atoms with E-state index in [1.165, 1.54) is 4.90 Å². The van der Waals surface area contributed by atoms with E-state index in [0.717, 1.165) is 22.2 Å². The second kappa shape index (κ2) is 10.0. The van der Waals surface area contributed by atoms with Crippen LogP contribution in [-0.4, -0.2) is 63.1 Å². The molecule has 0 saturated heterocycles. The summed E-state index contributed by atoms with van der Waals surface area (Å²) in [6.07, 6.45) is 0.000830. The van der Waals surface area contributed by atoms with Gasteiger partial charge in [-0.25, -0.2) is 9.59 Å². The third-order valence-corrected chi connectivity index (χ3v) is 5.51. The van der Waals surface area contributed by atoms with E-state index in [9.17, 15) is 19.5 Å². The average Bonchev–Trinajstić information content (AvgIpc) is 3.10. The molecule has 2 heterocycles. The molecule has 184 valence electrons. The van der Waals surface area contributed by atoms with Crippen LogP contribution in [0.3, 0.4) is 0 Å². The van der Waals surface area contributed by atoms with Crippen LogP contribution < -0.4 is 16.8 Å². The first-order chi connectivity index (χ1) is 16.0. The van der Waals surface area contributed by atoms with Crippen molar-refractivity contribution in [3.8, 4) is 0 Å². The van der Waals surface area contributed by atoms with Crippen molar-refractivity contribution in [3.05, 3.63) is 35.5 Å². The molecule has 0 saturated carbocycles. The van der Waals surface area contributed by atoms with Crippen LogP contribution in [0.25, 0.3) is 10.9 Å². The number of carboxylic acid groups (broad SMARTS) is 1. The van der Waals surface area contributed by atoms with Crippen molar-refractivity contribution < 1.29 is 24.2 Å². The first kappa shape index (κ1) is 24.9. The average molecular weight is 473 g/mol. The normalized spacial score (nSPS) is 16.4. The summed E-state index contributed by atoms with van der Waals surface area (Å²) in [5.74, 6) is -1.69. The maximum Gasteiger partial charge on any atom is 0.408 e. The molecule has 1 aliphatic rings. The smallest absolute Gasteiger partial charge is 0.408 e. The van der Waals surface area contributed by atoms with E-state index >= 15 is 0 Å². The highest BCUT2D eigenvalue weighted by molar-refractivity contribution is 5.92. The molecular formula is C23H32N6O5. The van der Waals surface area contributed by atoms with Crippen LogP contribution in [0.15, 0.2) is 29.3 Å². The molecule has 2 aromatic rings. The fourth-order valence-electron chi connectivity index (χ4n) is 4.07. The van der Waals surface area contributed by atoms with E-state index in [0.29, 0.717) is 6.42 Å². The number of aromatic amines is 1. The fourth-order valence-corrected chi connectivity index (χ4v) is 4.07. The van der Waals surface area contributed by atoms with Crippen LogP contribution >= 0.6 is 0 Å². The Balaban J connectivity index is 1.86. The van der Waals surface area contributed by atoms with Crippen LogP contribution in [0.1, 0.15) is 44.9 Å². The second-order valence-corrected chi connectivity index (χ2v) is 9.30. The van der Waals surface area contributed by atoms with Gasteiger partial charge < -0.3 is 36.5 Å². The van der Waals surface area contributed by atoms with Crippen molar-refractivity contribution in [2.45, 2.75) is 64.3 Å². The van der Waals surface area contributed by atoms with Gasteiger partial charge in [0.15, 0.2) is 5.96 Å². The molecule has 0 spiro atoms. The molecular weight excluding hydrogens is 440 g/mol. The molecule has 0 aliphatic carbocycles. The number of nitrogens with zero attached hydrogens (tertiary/aromatic N) is 2. The summed E-state index contributed by atoms with van der Waals surface area (Å²) in [4.78, 5) is 46.6. The number of para-hydroxylation sites is 1. The zero-order valence-corrected chi connectivity index (χ0v) is 19.6. The Labute approximate surface area is 197 Å². The quantitative estimate of drug-likeness (QED) is 0.230. The highest BCUT2D eigenvalue weighted by Crippen LogP contribution is 2.31. The SMILES string of the molecule is CC(C)(C)OC(=O)N[C@@H](CCCN=C(N)N)C(=O)N1Cc2[nH]c3ccccc3c2C[C@H]1C(=O)O. The van der Waals surface area contributed by atoms with E-state index in [4.69, 9.17) is 16.2 Å². The van der Waals surface area contributed by atoms with E-state index < -0.39 is 35.7 Å². The minimum Gasteiger partial charge on any atom is -0.480 e. The fraction of sp³-hybridized carbons (Fsp3) is 0.478. The van der Waals surface area contributed by atoms with Gasteiger partial charge in [-0.15, -0.1) is 0 Å². The predicted octanol–water partition coefficient (Wildman–Crippen LogP) is 1.45. The number of H-pyrrole nitrogens is 1. The number of hydrogen-bond donors (Lipinski definition) is 5. The molecule has 2 amide bonds. The zero-order valence-electron chi connectivity index (χ0n) is 19.6. The topological polar surface area (TPSA) is 176 Å². The van der Waals surface area contributed by atoms with Gasteiger partial charge in [-0.3, -0.25) is 9.79 Å². The summed E-state index contributed by atoms with van der Waals surface area (Å²) in [7, 11) is 0. The molecule has 11 nitrogen and oxygen atoms in total. The first-order valence-corrected chi connectivity index (χ1v) is 11.1. The Kier molecular flexibility index (Phi) is 7.33. The monoisotopic (exact) mass is 472 g/mol. The Hall–Kier alpha value is -3.76. The van der Waals surface area contributed by atoms with Crippen LogP contribution in [0, 0.1) is 0 Å². The number of nitrogens with one attached hydrogen (secondary N) is 2. The summed E-state index contributed by atoms with van der Waals surface area (Å²) < 4.78 is 5.31. The van der Waals surface area contributed by atoms with E-state index in [1.807, 2.05) is 24.3 Å². The number of carbonyl (C=O) groups is 3. The number of benzene rings is 1. The van der Waals surface area contributed by atoms with E-state index in [1.54, 1.807) is 20.8 Å². The standard InChI is InChI=1S/C23H32N6O5/c1-23(2,3)34-22(33)28-16(9-6-10-26-21(24)25)19(30)29-12-17-14(11-18(29)20(31)32)13-7-4-5-8-15(13)27-17/h4-5,7-8,16,18,27H,6,9-12H2,1-3H3,(H,28,33)(H,31,32)(H4,24,25,26)/t16-,18-/m0/s1. The van der Waals surface area contributed by atoms with Gasteiger partial charge in [0.2, 0.25) is 5.91 Å². The van der Waals surface area contributed by atoms with Crippen molar-refractivity contribution in [1.29, 1.82) is 0 Å². The van der Waals surface area contributed by atoms with Crippen molar-refractivity contribution in [2.75, 3.05) is 6.54 Å². The van der Waals surface area contributed by atoms with E-state index in [2.05, 4.69) is 15.3 Å². The zero-order chi connectivity index (χ0) is 25.0. The van der Waals surface area contributed by atoms with Gasteiger partial charge in [-0.05, 0) is 45.2 Å². The summed E-state index contributed by atoms with van der Waals surface area (Å²) in [5.41, 5.74) is 12.5. The maximum atomic E-state index is 13.6. The third-order valence-electron chi connectivity index (χ3n) is 5.51. The molecule has 0 fully saturated rings. The maximum absolute atomic E-state index is 13.6. The number of nitrogens with two attached hydrogens (primary N) is 2. The lowest BCUT2D eigenvalue weighted by Gasteiger charge is -2.35. The Morgan fingerprint density at radius 3 is 2.65 bits per heavy atom. The summed E-state index contributed by atoms with van der Waals surface area (Å²) >= 11 is 0. The van der Waals surface area contributed by atoms with Gasteiger partial charge in [-0.1, -0.05) is 18.2 Å². The van der Waals surface area contributed by atoms with Crippen LogP contribution in [0.2, 0.25) is 0 Å². The van der Waals surface area contributed by atoms with Crippen molar-refractivity contribution in [1.82, 2.24) is 15.2 Å². The van der Waals surface area contributed by atoms with Crippen molar-refractivity contribution >= 4 is 34.8 Å². The number of amides is 2. The number of alkyl carbamates (subject to hydrolysis) is 1. The number of carboxylic acids is 1. The molecule has 1 aliphatic heterocycles. The number of fused-ring (bicyclic) bond motifs is 3. The lowest BCUT2D eigenvalue weighted by Crippen LogP contribution is -2.56. The predicted molar refractivity (Wildman–Crippen MR) is 127 cm³/mol. The highest BCUT2D eigenvalue weighted by Gasteiger charge is 2.39. The molecule has 7 N–H and O–H groups in total. The molecule has 0 unspecified atom stereocenters. The van der Waals surface area contributed by atoms with Gasteiger partial charge in [0.05, 0.1) is 6.54 Å². The number of aliphatic imine (C=N–C) groups is 1. The molecule has 1 aromatic heterocycles. The molecule has 0 radical (unpaired) electrons. The number of carbonyl (C=O) groups excluding carboxylic acids is 2. The number of aliphatic carboxylic acids is 1. The minimum atomic E-state index is -1.11. The van der Waals surface area contributed by atoms with Gasteiger partial charge in [0.1, 0.15) is 17.7 Å². The lowest BCUT2D eigenvalue weighted by atomic mass is 9.95. The van der Waals surface area contributed by atoms with Gasteiger partial charge in [0.25, 0.3) is 0 Å². The van der Waals surface area contributed by atoms with Crippen LogP contribution in [0.5, 0.6) is 0 Å². The van der Waals surface area contributed by atoms with Crippen molar-refractivity contribution in [3.63, 3.8) is 0 Å². The van der Waals surface area contributed by atoms with E-state index in [-0.39, 0.29) is 31.9 Å². The largest absolute Gasteiger partial charge is 0.480 e. The summed E-state index contributed by atoms with van der Waals surface area (Å²) in [5, 5.41) is 13.5. The van der Waals surface area contributed by atoms with Crippen LogP contribution in [0.4, 0.5) is 4.79 Å². The number of hydrogen-bond acceptors (Lipinski definition) is 5. The van der Waals surface area contributed by atoms with Gasteiger partial charge >= 0.3 is 12.1 Å². The number of ether oxygens (including phenoxy) is 1. The van der Waals surface area contributed by atoms with Gasteiger partial charge in [0, 0.05) is 29.6 Å². The summed E-state index contributed by atoms with van der Waals surface area (Å²) in [6.45, 7) is 5.48. The Morgan fingerprint density at radius 1 is 1.29 bits per heavy atom. The lowest BCUT2D eigenvalue weighted by molar-refractivity contribution is -0.152. The van der Waals surface area contributed by atoms with Gasteiger partial charge in [-0.2, -0.15) is 0 Å². The van der Waals surface area contributed by atoms with Crippen molar-refractivity contribution in [2.24, 2.45) is 16.5 Å². The number of rotatable bonds is 7. The molecule has 3 rings (SSSR count). The minimum absolute atomic E-state index is 0.0729. The first-order valence-electron chi connectivity index (χ1n) is 11.1. The highest BCUT2D eigenvalue weighted by atomic mass is 16.6. The summed E-state index contributed by atoms with van der Waals surface area (Å²) in [6, 6.07) is 5.54. The molecule has 2 atom stereocenters. The second-order valence-electron chi connectivity index (χ2n) is 9.30. The number of guanidine groups is 1. The Morgan fingerprint density at radius 2 is 2.00 bits per heavy atom. The molecule has 11 heteroatoms. The molecule has 1 aromatic carbocycles. The van der Waals surface area contributed by atoms with Crippen LogP contribution in [-0.2, 0) is 27.3 Å². The Bertz CT molecular complexity index is 1100. The molecule has 0 bridgehead atoms.